The second-order valence-corrected chi connectivity index (χ2v) is 6.10. The largest absolute Gasteiger partial charge is 0.497 e. The molecule has 0 bridgehead atoms. The van der Waals surface area contributed by atoms with E-state index in [1.54, 1.807) is 19.4 Å². The number of hydrogen-bond acceptors (Lipinski definition) is 6. The second kappa shape index (κ2) is 7.48. The van der Waals surface area contributed by atoms with Gasteiger partial charge in [0.25, 0.3) is 0 Å². The Morgan fingerprint density at radius 2 is 2.00 bits per heavy atom. The van der Waals surface area contributed by atoms with Crippen molar-refractivity contribution < 1.29 is 14.4 Å². The van der Waals surface area contributed by atoms with Crippen molar-refractivity contribution in [3.63, 3.8) is 0 Å². The first-order valence-electron chi connectivity index (χ1n) is 8.20. The van der Waals surface area contributed by atoms with E-state index in [1.807, 2.05) is 12.1 Å². The lowest BCUT2D eigenvalue weighted by Crippen LogP contribution is -2.40. The molecule has 2 aromatic rings. The number of methoxy groups -OCH3 is 1. The molecule has 25 heavy (non-hydrogen) atoms. The average molecular weight is 343 g/mol. The first-order chi connectivity index (χ1) is 12.1. The van der Waals surface area contributed by atoms with Crippen molar-refractivity contribution in [2.45, 2.75) is 18.3 Å². The van der Waals surface area contributed by atoms with Gasteiger partial charge in [-0.3, -0.25) is 10.1 Å². The zero-order valence-electron chi connectivity index (χ0n) is 14.1. The summed E-state index contributed by atoms with van der Waals surface area (Å²) in [6.45, 7) is 1.89. The Bertz CT molecular complexity index is 727. The van der Waals surface area contributed by atoms with Gasteiger partial charge in [0.15, 0.2) is 0 Å². The molecule has 0 saturated carbocycles. The number of nitrogens with zero attached hydrogens (tertiary/aromatic N) is 2. The van der Waals surface area contributed by atoms with Gasteiger partial charge in [0.1, 0.15) is 5.75 Å². The van der Waals surface area contributed by atoms with E-state index in [4.69, 9.17) is 9.47 Å². The maximum Gasteiger partial charge on any atom is 0.311 e. The average Bonchev–Trinajstić information content (AvgIpc) is 2.67. The molecular weight excluding hydrogens is 322 g/mol. The highest BCUT2D eigenvalue weighted by Crippen LogP contribution is 2.36. The molecule has 0 unspecified atom stereocenters. The molecule has 1 saturated heterocycles. The van der Waals surface area contributed by atoms with Crippen LogP contribution in [0.3, 0.4) is 0 Å². The van der Waals surface area contributed by atoms with Crippen LogP contribution < -0.4 is 10.1 Å². The number of aromatic nitrogens is 1. The Balaban J connectivity index is 1.85. The highest BCUT2D eigenvalue weighted by molar-refractivity contribution is 5.55. The Hall–Kier alpha value is -2.67. The van der Waals surface area contributed by atoms with E-state index in [0.717, 1.165) is 18.6 Å². The maximum atomic E-state index is 11.2. The van der Waals surface area contributed by atoms with Crippen molar-refractivity contribution >= 4 is 11.5 Å². The molecule has 0 amide bonds. The molecule has 0 spiro atoms. The van der Waals surface area contributed by atoms with Crippen molar-refractivity contribution in [2.75, 3.05) is 32.2 Å². The molecular formula is C18H21N3O4. The van der Waals surface area contributed by atoms with Crippen molar-refractivity contribution in [1.82, 2.24) is 4.98 Å². The van der Waals surface area contributed by atoms with Crippen molar-refractivity contribution in [2.24, 2.45) is 0 Å². The van der Waals surface area contributed by atoms with Gasteiger partial charge in [0.05, 0.1) is 12.0 Å². The smallest absolute Gasteiger partial charge is 0.311 e. The van der Waals surface area contributed by atoms with Gasteiger partial charge in [-0.2, -0.15) is 0 Å². The first-order valence-corrected chi connectivity index (χ1v) is 8.20. The predicted octanol–water partition coefficient (Wildman–Crippen LogP) is 3.16. The van der Waals surface area contributed by atoms with E-state index in [9.17, 15) is 10.1 Å². The van der Waals surface area contributed by atoms with E-state index >= 15 is 0 Å². The number of nitro groups is 1. The van der Waals surface area contributed by atoms with Crippen LogP contribution in [0.2, 0.25) is 0 Å². The standard InChI is InChI=1S/C18H21N3O4/c1-24-15-6-4-14(5-7-15)18(8-11-25-12-9-18)13-20-17-16(21(22)23)3-2-10-19-17/h2-7,10H,8-9,11-13H2,1H3,(H,19,20). The minimum Gasteiger partial charge on any atom is -0.497 e. The summed E-state index contributed by atoms with van der Waals surface area (Å²) < 4.78 is 10.8. The Kier molecular flexibility index (Phi) is 5.14. The van der Waals surface area contributed by atoms with Gasteiger partial charge in [0, 0.05) is 37.4 Å². The highest BCUT2D eigenvalue weighted by Gasteiger charge is 2.35. The molecule has 3 rings (SSSR count). The lowest BCUT2D eigenvalue weighted by Gasteiger charge is -2.38. The summed E-state index contributed by atoms with van der Waals surface area (Å²) in [4.78, 5) is 14.9. The van der Waals surface area contributed by atoms with Gasteiger partial charge in [-0.05, 0) is 36.6 Å². The van der Waals surface area contributed by atoms with Crippen LogP contribution in [0.4, 0.5) is 11.5 Å². The second-order valence-electron chi connectivity index (χ2n) is 6.10. The molecule has 1 aliphatic rings. The summed E-state index contributed by atoms with van der Waals surface area (Å²) in [5.41, 5.74) is 0.998. The van der Waals surface area contributed by atoms with Gasteiger partial charge >= 0.3 is 5.69 Å². The summed E-state index contributed by atoms with van der Waals surface area (Å²) >= 11 is 0. The molecule has 0 radical (unpaired) electrons. The molecule has 1 aromatic heterocycles. The predicted molar refractivity (Wildman–Crippen MR) is 94.1 cm³/mol. The van der Waals surface area contributed by atoms with Crippen molar-refractivity contribution in [1.29, 1.82) is 0 Å². The van der Waals surface area contributed by atoms with Gasteiger partial charge < -0.3 is 14.8 Å². The molecule has 1 aliphatic heterocycles. The summed E-state index contributed by atoms with van der Waals surface area (Å²) in [5.74, 6) is 1.10. The molecule has 1 aromatic carbocycles. The van der Waals surface area contributed by atoms with E-state index in [0.29, 0.717) is 25.6 Å². The van der Waals surface area contributed by atoms with E-state index < -0.39 is 4.92 Å². The molecule has 1 N–H and O–H groups in total. The minimum atomic E-state index is -0.417. The van der Waals surface area contributed by atoms with Crippen LogP contribution in [0.5, 0.6) is 5.75 Å². The Morgan fingerprint density at radius 1 is 1.28 bits per heavy atom. The zero-order valence-corrected chi connectivity index (χ0v) is 14.1. The third-order valence-electron chi connectivity index (χ3n) is 4.73. The summed E-state index contributed by atoms with van der Waals surface area (Å²) in [5, 5.41) is 14.4. The molecule has 7 heteroatoms. The van der Waals surface area contributed by atoms with Crippen molar-refractivity contribution in [3.8, 4) is 5.75 Å². The molecule has 7 nitrogen and oxygen atoms in total. The zero-order chi connectivity index (χ0) is 17.7. The number of ether oxygens (including phenoxy) is 2. The number of nitrogens with one attached hydrogen (secondary N) is 1. The molecule has 2 heterocycles. The lowest BCUT2D eigenvalue weighted by atomic mass is 9.74. The van der Waals surface area contributed by atoms with E-state index in [-0.39, 0.29) is 11.1 Å². The number of anilines is 1. The monoisotopic (exact) mass is 343 g/mol. The minimum absolute atomic E-state index is 0.0144. The van der Waals surface area contributed by atoms with Crippen LogP contribution in [0, 0.1) is 10.1 Å². The van der Waals surface area contributed by atoms with Gasteiger partial charge in [-0.25, -0.2) is 4.98 Å². The van der Waals surface area contributed by atoms with E-state index in [2.05, 4.69) is 22.4 Å². The summed E-state index contributed by atoms with van der Waals surface area (Å²) in [7, 11) is 1.64. The normalized spacial score (nSPS) is 16.2. The quantitative estimate of drug-likeness (QED) is 0.640. The van der Waals surface area contributed by atoms with Crippen LogP contribution in [0.1, 0.15) is 18.4 Å². The molecule has 132 valence electrons. The van der Waals surface area contributed by atoms with Crippen LogP contribution in [0.15, 0.2) is 42.6 Å². The Morgan fingerprint density at radius 3 is 2.64 bits per heavy atom. The molecule has 0 atom stereocenters. The van der Waals surface area contributed by atoms with Crippen LogP contribution in [-0.2, 0) is 10.2 Å². The molecule has 1 fully saturated rings. The first kappa shape index (κ1) is 17.2. The number of pyridine rings is 1. The van der Waals surface area contributed by atoms with Gasteiger partial charge in [0.2, 0.25) is 5.82 Å². The van der Waals surface area contributed by atoms with E-state index in [1.165, 1.54) is 11.6 Å². The SMILES string of the molecule is COc1ccc(C2(CNc3ncccc3[N+](=O)[O-])CCOCC2)cc1. The van der Waals surface area contributed by atoms with Gasteiger partial charge in [-0.15, -0.1) is 0 Å². The maximum absolute atomic E-state index is 11.2. The third-order valence-corrected chi connectivity index (χ3v) is 4.73. The fraction of sp³-hybridized carbons (Fsp3) is 0.389. The van der Waals surface area contributed by atoms with Crippen LogP contribution >= 0.6 is 0 Å². The van der Waals surface area contributed by atoms with Crippen LogP contribution in [-0.4, -0.2) is 36.8 Å². The van der Waals surface area contributed by atoms with Gasteiger partial charge in [-0.1, -0.05) is 12.1 Å². The summed E-state index contributed by atoms with van der Waals surface area (Å²) in [6.07, 6.45) is 3.24. The fourth-order valence-electron chi connectivity index (χ4n) is 3.21. The molecule has 0 aliphatic carbocycles. The number of benzene rings is 1. The number of hydrogen-bond donors (Lipinski definition) is 1. The van der Waals surface area contributed by atoms with Crippen molar-refractivity contribution in [3.05, 3.63) is 58.3 Å². The van der Waals surface area contributed by atoms with Crippen LogP contribution in [0.25, 0.3) is 0 Å². The highest BCUT2D eigenvalue weighted by atomic mass is 16.6. The summed E-state index contributed by atoms with van der Waals surface area (Å²) in [6, 6.07) is 11.0. The lowest BCUT2D eigenvalue weighted by molar-refractivity contribution is -0.384. The fourth-order valence-corrected chi connectivity index (χ4v) is 3.21. The number of rotatable bonds is 6. The Labute approximate surface area is 146 Å². The topological polar surface area (TPSA) is 86.5 Å². The third kappa shape index (κ3) is 3.71.